The number of fused-ring (bicyclic) bond motifs is 10. The van der Waals surface area contributed by atoms with Gasteiger partial charge in [-0.05, 0) is 33.8 Å². The lowest BCUT2D eigenvalue weighted by atomic mass is 9.77. The van der Waals surface area contributed by atoms with Crippen LogP contribution in [0.25, 0.3) is 0 Å². The molecule has 3 saturated heterocycles. The molecule has 1 aromatic rings. The number of likely N-dealkylation sites (tertiary alicyclic amines) is 1. The van der Waals surface area contributed by atoms with E-state index in [0.717, 1.165) is 0 Å². The molecule has 0 saturated carbocycles. The molecule has 3 fully saturated rings. The predicted octanol–water partition coefficient (Wildman–Crippen LogP) is 4.94. The number of aromatic hydroxyl groups is 1. The Balaban J connectivity index is 1.34. The van der Waals surface area contributed by atoms with Crippen LogP contribution in [-0.2, 0) is 38.0 Å². The predicted molar refractivity (Wildman–Crippen MR) is 228 cm³/mol. The van der Waals surface area contributed by atoms with Gasteiger partial charge in [0.1, 0.15) is 29.0 Å². The number of nitrogens with zero attached hydrogens (tertiary/aromatic N) is 2. The summed E-state index contributed by atoms with van der Waals surface area (Å²) in [6, 6.07) is 0. The van der Waals surface area contributed by atoms with E-state index in [1.165, 1.54) is 32.1 Å². The van der Waals surface area contributed by atoms with Gasteiger partial charge in [0.15, 0.2) is 11.6 Å². The number of allylic oxidation sites excluding steroid dienone is 4. The van der Waals surface area contributed by atoms with Crippen LogP contribution in [-0.4, -0.2) is 133 Å². The fraction of sp³-hybridized carbons (Fsp3) is 0.574. The average molecular weight is 890 g/mol. The maximum Gasteiger partial charge on any atom is 0.410 e. The number of nitrogens with one attached hydrogen (secondary N) is 1. The molecule has 0 radical (unpaired) electrons. The number of methoxy groups -OCH3 is 1. The maximum absolute atomic E-state index is 14.8. The number of ether oxygens (including phenoxy) is 7. The molecule has 1 aromatic carbocycles. The highest BCUT2D eigenvalue weighted by Crippen LogP contribution is 2.49. The molecule has 17 nitrogen and oxygen atoms in total. The first-order chi connectivity index (χ1) is 30.2. The highest BCUT2D eigenvalue weighted by Gasteiger charge is 2.54. The van der Waals surface area contributed by atoms with Gasteiger partial charge in [0.05, 0.1) is 61.0 Å². The number of phenols is 1. The van der Waals surface area contributed by atoms with Gasteiger partial charge in [-0.2, -0.15) is 0 Å². The van der Waals surface area contributed by atoms with Gasteiger partial charge in [-0.3, -0.25) is 24.0 Å². The van der Waals surface area contributed by atoms with Crippen molar-refractivity contribution in [3.8, 4) is 11.5 Å². The van der Waals surface area contributed by atoms with Gasteiger partial charge in [0.25, 0.3) is 11.7 Å². The quantitative estimate of drug-likeness (QED) is 0.413. The van der Waals surface area contributed by atoms with Crippen molar-refractivity contribution in [1.82, 2.24) is 15.1 Å². The van der Waals surface area contributed by atoms with Crippen LogP contribution >= 0.6 is 0 Å². The van der Waals surface area contributed by atoms with Gasteiger partial charge in [-0.15, -0.1) is 0 Å². The third kappa shape index (κ3) is 8.50. The molecule has 0 aromatic heterocycles. The summed E-state index contributed by atoms with van der Waals surface area (Å²) in [7, 11) is 1.48. The monoisotopic (exact) mass is 889 g/mol. The zero-order valence-corrected chi connectivity index (χ0v) is 38.1. The van der Waals surface area contributed by atoms with Crippen molar-refractivity contribution in [3.63, 3.8) is 0 Å². The first kappa shape index (κ1) is 46.6. The van der Waals surface area contributed by atoms with Gasteiger partial charge in [-0.1, -0.05) is 45.9 Å². The number of carbonyl (C=O) groups excluding carboxylic acids is 6. The number of benzene rings is 1. The molecule has 0 unspecified atom stereocenters. The van der Waals surface area contributed by atoms with Crippen LogP contribution in [0, 0.1) is 30.6 Å². The smallest absolute Gasteiger partial charge is 0.410 e. The van der Waals surface area contributed by atoms with Crippen molar-refractivity contribution in [3.05, 3.63) is 69.8 Å². The van der Waals surface area contributed by atoms with Crippen LogP contribution in [0.15, 0.2) is 47.5 Å². The van der Waals surface area contributed by atoms with Crippen molar-refractivity contribution < 1.29 is 67.0 Å². The summed E-state index contributed by atoms with van der Waals surface area (Å²) in [6.07, 6.45) is 4.98. The largest absolute Gasteiger partial charge is 0.507 e. The second kappa shape index (κ2) is 17.9. The minimum atomic E-state index is -2.08. The number of hydrogen-bond acceptors (Lipinski definition) is 15. The van der Waals surface area contributed by atoms with E-state index < -0.39 is 88.5 Å². The molecule has 6 aliphatic heterocycles. The van der Waals surface area contributed by atoms with Gasteiger partial charge >= 0.3 is 11.9 Å². The molecular weight excluding hydrogens is 831 g/mol. The summed E-state index contributed by atoms with van der Waals surface area (Å²) in [5.41, 5.74) is -1.32. The Morgan fingerprint density at radius 1 is 0.875 bits per heavy atom. The number of carbonyl (C=O) groups is 6. The number of rotatable bonds is 3. The lowest BCUT2D eigenvalue weighted by molar-refractivity contribution is -0.336. The standard InChI is InChI=1S/C47H59N3O14/c1-23-12-11-13-24(2)44(56)48-34-35(49-17-20-59-21-18-49)38(54)31-32(37(34)53)36(52)26(4)42-33(31)43(55)47(9,64-42)60-19-15-30(58-10)25(3)40(61-45(57)50-16-14-29(51)22-50)28(6)41-27(5)39(23)62-46(7,8)63-41/h11-13,15,19,23,25,27-28,30,39-41,52H,14,16-18,20-22H2,1-10H3,(H,48,56)/t23-,25+,27+,28-,30-,39-,40+,41+,47-/m0/s1. The van der Waals surface area contributed by atoms with E-state index in [9.17, 15) is 33.9 Å². The molecular formula is C47H59N3O14. The van der Waals surface area contributed by atoms with Crippen molar-refractivity contribution in [2.45, 2.75) is 105 Å². The summed E-state index contributed by atoms with van der Waals surface area (Å²) in [6.45, 7) is 16.8. The van der Waals surface area contributed by atoms with Crippen LogP contribution in [0.4, 0.5) is 4.79 Å². The second-order valence-corrected chi connectivity index (χ2v) is 18.2. The molecule has 2 N–H and O–H groups in total. The topological polar surface area (TPSA) is 206 Å². The Bertz CT molecular complexity index is 2250. The van der Waals surface area contributed by atoms with E-state index >= 15 is 0 Å². The number of amides is 2. The summed E-state index contributed by atoms with van der Waals surface area (Å²) in [4.78, 5) is 86.8. The van der Waals surface area contributed by atoms with Crippen molar-refractivity contribution in [2.75, 3.05) is 46.5 Å². The molecule has 64 heavy (non-hydrogen) atoms. The average Bonchev–Trinajstić information content (AvgIpc) is 3.81. The van der Waals surface area contributed by atoms with Crippen molar-refractivity contribution >= 4 is 35.1 Å². The van der Waals surface area contributed by atoms with Gasteiger partial charge < -0.3 is 53.4 Å². The molecule has 346 valence electrons. The Morgan fingerprint density at radius 2 is 1.56 bits per heavy atom. The third-order valence-corrected chi connectivity index (χ3v) is 13.2. The van der Waals surface area contributed by atoms with Crippen LogP contribution in [0.2, 0.25) is 0 Å². The summed E-state index contributed by atoms with van der Waals surface area (Å²) >= 11 is 0. The number of Topliss-reactive ketones (excluding diaryl/α,β-unsaturated/α-hetero) is 4. The zero-order chi connectivity index (χ0) is 46.6. The Morgan fingerprint density at radius 3 is 2.22 bits per heavy atom. The van der Waals surface area contributed by atoms with E-state index in [-0.39, 0.29) is 103 Å². The molecule has 0 spiro atoms. The summed E-state index contributed by atoms with van der Waals surface area (Å²) in [5.74, 6) is -8.57. The molecule has 9 atom stereocenters. The Hall–Kier alpha value is -5.36. The normalized spacial score (nSPS) is 32.3. The van der Waals surface area contributed by atoms with E-state index in [1.54, 1.807) is 30.1 Å². The first-order valence-electron chi connectivity index (χ1n) is 21.9. The SMILES string of the molecule is CO[C@H]1C=CO[C@@]2(C)Oc3c(C)c(O)c4c(c3C2=O)C(=O)C(N2CCOCC2)=C(NC(=O)C(C)=CC=C[C@H](C)[C@@H]2OC(C)(C)O[C@@H]([C@@H](C)[C@H](OC(=O)N3CCC(=O)C3)[C@@H]1C)[C@@H]2C)C4=O. The zero-order valence-electron chi connectivity index (χ0n) is 38.1. The minimum absolute atomic E-state index is 0.0106. The minimum Gasteiger partial charge on any atom is -0.507 e. The first-order valence-corrected chi connectivity index (χ1v) is 21.9. The Kier molecular flexibility index (Phi) is 13.0. The van der Waals surface area contributed by atoms with E-state index in [1.807, 2.05) is 47.6 Å². The molecule has 17 heteroatoms. The summed E-state index contributed by atoms with van der Waals surface area (Å²) < 4.78 is 43.2. The Labute approximate surface area is 372 Å². The molecule has 1 aliphatic carbocycles. The van der Waals surface area contributed by atoms with Crippen LogP contribution in [0.1, 0.15) is 98.4 Å². The molecule has 8 rings (SSSR count). The van der Waals surface area contributed by atoms with Crippen LogP contribution in [0.3, 0.4) is 0 Å². The molecule has 6 heterocycles. The highest BCUT2D eigenvalue weighted by molar-refractivity contribution is 6.32. The molecule has 7 aliphatic rings. The molecule has 7 bridgehead atoms. The maximum atomic E-state index is 14.8. The van der Waals surface area contributed by atoms with Crippen LogP contribution < -0.4 is 10.1 Å². The second-order valence-electron chi connectivity index (χ2n) is 18.2. The highest BCUT2D eigenvalue weighted by atomic mass is 16.7. The van der Waals surface area contributed by atoms with Crippen LogP contribution in [0.5, 0.6) is 11.5 Å². The third-order valence-electron chi connectivity index (χ3n) is 13.2. The van der Waals surface area contributed by atoms with Crippen molar-refractivity contribution in [2.24, 2.45) is 23.7 Å². The van der Waals surface area contributed by atoms with Gasteiger partial charge in [-0.25, -0.2) is 4.79 Å². The van der Waals surface area contributed by atoms with Gasteiger partial charge in [0, 0.05) is 74.9 Å². The van der Waals surface area contributed by atoms with E-state index in [2.05, 4.69) is 5.32 Å². The summed E-state index contributed by atoms with van der Waals surface area (Å²) in [5, 5.41) is 14.3. The number of phenolic OH excluding ortho intramolecular Hbond substituents is 1. The van der Waals surface area contributed by atoms with Gasteiger partial charge in [0.2, 0.25) is 11.6 Å². The number of morpholine rings is 1. The fourth-order valence-electron chi connectivity index (χ4n) is 9.64. The molecule has 2 amide bonds. The van der Waals surface area contributed by atoms with E-state index in [4.69, 9.17) is 33.2 Å². The lowest BCUT2D eigenvalue weighted by Gasteiger charge is -2.50. The van der Waals surface area contributed by atoms with E-state index in [0.29, 0.717) is 0 Å². The fourth-order valence-corrected chi connectivity index (χ4v) is 9.64. The number of hydrogen-bond donors (Lipinski definition) is 2. The number of ketones is 4. The lowest BCUT2D eigenvalue weighted by Crippen LogP contribution is -2.57. The van der Waals surface area contributed by atoms with Crippen molar-refractivity contribution in [1.29, 1.82) is 0 Å².